The molecule has 4 nitrogen and oxygen atoms in total. The Morgan fingerprint density at radius 2 is 0.560 bits per heavy atom. The molecule has 8 rings (SSSR count). The summed E-state index contributed by atoms with van der Waals surface area (Å²) >= 11 is 0. The van der Waals surface area contributed by atoms with E-state index >= 15 is 0 Å². The van der Waals surface area contributed by atoms with Crippen LogP contribution in [0.5, 0.6) is 0 Å². The van der Waals surface area contributed by atoms with Crippen molar-refractivity contribution in [1.29, 1.82) is 0 Å². The van der Waals surface area contributed by atoms with E-state index in [4.69, 9.17) is 21.5 Å². The Balaban J connectivity index is 1.28. The van der Waals surface area contributed by atoms with Crippen LogP contribution in [0.4, 0.5) is 5.69 Å². The van der Waals surface area contributed by atoms with Crippen LogP contribution in [-0.2, 0) is 0 Å². The predicted molar refractivity (Wildman–Crippen MR) is 204 cm³/mol. The van der Waals surface area contributed by atoms with Crippen LogP contribution in [0.1, 0.15) is 0 Å². The van der Waals surface area contributed by atoms with Gasteiger partial charge in [0, 0.05) is 16.7 Å². The van der Waals surface area contributed by atoms with Crippen LogP contribution in [0.3, 0.4) is 0 Å². The maximum atomic E-state index is 7.45. The number of nitrogens with zero attached hydrogens (tertiary/aromatic N) is 4. The summed E-state index contributed by atoms with van der Waals surface area (Å²) in [4.78, 5) is 18.3. The highest BCUT2D eigenvalue weighted by Crippen LogP contribution is 2.42. The van der Waals surface area contributed by atoms with Crippen molar-refractivity contribution in [2.75, 3.05) is 0 Å². The number of benzene rings is 7. The van der Waals surface area contributed by atoms with Crippen molar-refractivity contribution in [3.05, 3.63) is 193 Å². The third-order valence-corrected chi connectivity index (χ3v) is 8.79. The van der Waals surface area contributed by atoms with Gasteiger partial charge < -0.3 is 0 Å². The van der Waals surface area contributed by atoms with Gasteiger partial charge in [0.15, 0.2) is 23.2 Å². The molecule has 0 aliphatic heterocycles. The highest BCUT2D eigenvalue weighted by Gasteiger charge is 2.17. The van der Waals surface area contributed by atoms with Crippen molar-refractivity contribution in [1.82, 2.24) is 15.0 Å². The zero-order chi connectivity index (χ0) is 33.7. The molecule has 234 valence electrons. The molecule has 0 aliphatic rings. The normalized spacial score (nSPS) is 10.8. The minimum atomic E-state index is 0.621. The first-order chi connectivity index (χ1) is 24.7. The second-order valence-corrected chi connectivity index (χ2v) is 11.9. The van der Waals surface area contributed by atoms with E-state index in [2.05, 4.69) is 89.8 Å². The zero-order valence-electron chi connectivity index (χ0n) is 27.1. The maximum absolute atomic E-state index is 7.45. The fourth-order valence-electron chi connectivity index (χ4n) is 6.24. The van der Waals surface area contributed by atoms with Crippen LogP contribution in [0.15, 0.2) is 182 Å². The predicted octanol–water partition coefficient (Wildman–Crippen LogP) is 12.1. The lowest BCUT2D eigenvalue weighted by molar-refractivity contribution is 1.07. The molecular formula is C46H30N4. The lowest BCUT2D eigenvalue weighted by atomic mass is 9.85. The Labute approximate surface area is 291 Å². The van der Waals surface area contributed by atoms with Crippen molar-refractivity contribution >= 4 is 5.69 Å². The minimum Gasteiger partial charge on any atom is -0.238 e. The smallest absolute Gasteiger partial charge is 0.187 e. The Kier molecular flexibility index (Phi) is 8.29. The Bertz CT molecular complexity index is 2380. The Morgan fingerprint density at radius 1 is 0.300 bits per heavy atom. The van der Waals surface area contributed by atoms with Crippen LogP contribution in [0, 0.1) is 6.57 Å². The highest BCUT2D eigenvalue weighted by molar-refractivity contribution is 5.95. The fraction of sp³-hybridized carbons (Fsp3) is 0. The molecule has 8 aromatic rings. The molecule has 4 heteroatoms. The first-order valence-electron chi connectivity index (χ1n) is 16.5. The van der Waals surface area contributed by atoms with Gasteiger partial charge in [0.1, 0.15) is 0 Å². The number of hydrogen-bond acceptors (Lipinski definition) is 3. The molecule has 0 atom stereocenters. The Morgan fingerprint density at radius 3 is 0.900 bits per heavy atom. The molecule has 0 saturated heterocycles. The van der Waals surface area contributed by atoms with Gasteiger partial charge in [-0.25, -0.2) is 19.8 Å². The summed E-state index contributed by atoms with van der Waals surface area (Å²) in [7, 11) is 0. The highest BCUT2D eigenvalue weighted by atomic mass is 15.0. The first kappa shape index (κ1) is 30.4. The SMILES string of the molecule is [C-]#[N+]c1ccc(-c2cc(-c3ccccc3)c(-c3ccc(-c4nc(-c5ccccc5)nc(-c5ccccc5)n4)cc3)cc2-c2ccccc2)cc1. The van der Waals surface area contributed by atoms with E-state index in [-0.39, 0.29) is 0 Å². The van der Waals surface area contributed by atoms with Crippen LogP contribution in [0.2, 0.25) is 0 Å². The third kappa shape index (κ3) is 6.20. The lowest BCUT2D eigenvalue weighted by Crippen LogP contribution is -2.00. The Hall–Kier alpha value is -6.96. The molecule has 0 saturated carbocycles. The van der Waals surface area contributed by atoms with Gasteiger partial charge in [0.2, 0.25) is 0 Å². The molecule has 0 aliphatic carbocycles. The van der Waals surface area contributed by atoms with Crippen LogP contribution in [-0.4, -0.2) is 15.0 Å². The van der Waals surface area contributed by atoms with Crippen LogP contribution in [0.25, 0.3) is 83.5 Å². The first-order valence-corrected chi connectivity index (χ1v) is 16.5. The molecule has 50 heavy (non-hydrogen) atoms. The van der Waals surface area contributed by atoms with Gasteiger partial charge in [0.25, 0.3) is 0 Å². The van der Waals surface area contributed by atoms with Gasteiger partial charge in [-0.15, -0.1) is 0 Å². The molecule has 0 radical (unpaired) electrons. The minimum absolute atomic E-state index is 0.621. The van der Waals surface area contributed by atoms with E-state index in [1.807, 2.05) is 97.1 Å². The summed E-state index contributed by atoms with van der Waals surface area (Å²) in [5, 5.41) is 0. The van der Waals surface area contributed by atoms with E-state index in [0.717, 1.165) is 61.2 Å². The molecule has 0 amide bonds. The van der Waals surface area contributed by atoms with Gasteiger partial charge in [-0.05, 0) is 56.6 Å². The van der Waals surface area contributed by atoms with Gasteiger partial charge in [-0.3, -0.25) is 0 Å². The zero-order valence-corrected chi connectivity index (χ0v) is 27.1. The quantitative estimate of drug-likeness (QED) is 0.163. The molecular weight excluding hydrogens is 609 g/mol. The van der Waals surface area contributed by atoms with E-state index in [1.165, 1.54) is 0 Å². The van der Waals surface area contributed by atoms with Crippen molar-refractivity contribution in [2.45, 2.75) is 0 Å². The second kappa shape index (κ2) is 13.6. The van der Waals surface area contributed by atoms with Crippen molar-refractivity contribution < 1.29 is 0 Å². The number of hydrogen-bond donors (Lipinski definition) is 0. The maximum Gasteiger partial charge on any atom is 0.187 e. The molecule has 1 heterocycles. The summed E-state index contributed by atoms with van der Waals surface area (Å²) in [6.07, 6.45) is 0. The number of rotatable bonds is 7. The van der Waals surface area contributed by atoms with Gasteiger partial charge in [0.05, 0.1) is 6.57 Å². The second-order valence-electron chi connectivity index (χ2n) is 11.9. The van der Waals surface area contributed by atoms with Crippen molar-refractivity contribution in [2.24, 2.45) is 0 Å². The molecule has 0 N–H and O–H groups in total. The van der Waals surface area contributed by atoms with E-state index < -0.39 is 0 Å². The molecule has 0 bridgehead atoms. The molecule has 0 spiro atoms. The average molecular weight is 639 g/mol. The van der Waals surface area contributed by atoms with Gasteiger partial charge in [-0.2, -0.15) is 0 Å². The summed E-state index contributed by atoms with van der Waals surface area (Å²) in [6.45, 7) is 7.45. The summed E-state index contributed by atoms with van der Waals surface area (Å²) < 4.78 is 0. The fourth-order valence-corrected chi connectivity index (χ4v) is 6.24. The molecule has 0 fully saturated rings. The van der Waals surface area contributed by atoms with E-state index in [0.29, 0.717) is 23.2 Å². The van der Waals surface area contributed by atoms with Crippen molar-refractivity contribution in [3.63, 3.8) is 0 Å². The summed E-state index contributed by atoms with van der Waals surface area (Å²) in [5.74, 6) is 1.89. The third-order valence-electron chi connectivity index (χ3n) is 8.79. The average Bonchev–Trinajstić information content (AvgIpc) is 3.21. The van der Waals surface area contributed by atoms with Gasteiger partial charge in [-0.1, -0.05) is 170 Å². The topological polar surface area (TPSA) is 43.0 Å². The largest absolute Gasteiger partial charge is 0.238 e. The summed E-state index contributed by atoms with van der Waals surface area (Å²) in [5.41, 5.74) is 12.3. The van der Waals surface area contributed by atoms with Gasteiger partial charge >= 0.3 is 0 Å². The van der Waals surface area contributed by atoms with E-state index in [1.54, 1.807) is 0 Å². The monoisotopic (exact) mass is 638 g/mol. The number of aromatic nitrogens is 3. The summed E-state index contributed by atoms with van der Waals surface area (Å²) in [6, 6.07) is 62.0. The molecule has 0 unspecified atom stereocenters. The molecule has 7 aromatic carbocycles. The van der Waals surface area contributed by atoms with Crippen LogP contribution >= 0.6 is 0 Å². The standard InChI is InChI=1S/C46H30N4/c1-47-39-28-26-35(27-29-39)43-31-40(32-14-6-2-7-15-32)42(30-41(43)33-16-8-3-9-17-33)34-22-24-38(25-23-34)46-49-44(36-18-10-4-11-19-36)48-45(50-46)37-20-12-5-13-21-37/h2-31H. The van der Waals surface area contributed by atoms with Crippen molar-refractivity contribution in [3.8, 4) is 78.7 Å². The lowest BCUT2D eigenvalue weighted by Gasteiger charge is -2.18. The van der Waals surface area contributed by atoms with Crippen LogP contribution < -0.4 is 0 Å². The van der Waals surface area contributed by atoms with E-state index in [9.17, 15) is 0 Å². The molecule has 1 aromatic heterocycles.